The van der Waals surface area contributed by atoms with Crippen molar-refractivity contribution in [3.63, 3.8) is 0 Å². The Morgan fingerprint density at radius 3 is 2.57 bits per heavy atom. The average molecular weight is 379 g/mol. The van der Waals surface area contributed by atoms with Crippen LogP contribution in [0.4, 0.5) is 5.69 Å². The summed E-state index contributed by atoms with van der Waals surface area (Å²) in [6.45, 7) is 9.96. The Morgan fingerprint density at radius 2 is 1.89 bits per heavy atom. The molecule has 0 saturated carbocycles. The van der Waals surface area contributed by atoms with Crippen LogP contribution in [0, 0.1) is 6.92 Å². The molecule has 1 aromatic heterocycles. The molecule has 3 aromatic rings. The second kappa shape index (κ2) is 7.80. The van der Waals surface area contributed by atoms with Gasteiger partial charge in [-0.05, 0) is 65.6 Å². The summed E-state index contributed by atoms with van der Waals surface area (Å²) in [5.74, 6) is 1.11. The molecule has 0 spiro atoms. The molecule has 1 N–H and O–H groups in total. The van der Waals surface area contributed by atoms with Crippen LogP contribution < -0.4 is 10.1 Å². The topological polar surface area (TPSA) is 81.9 Å². The molecule has 0 aliphatic heterocycles. The average Bonchev–Trinajstić information content (AvgIpc) is 3.07. The number of ether oxygens (including phenoxy) is 1. The predicted octanol–water partition coefficient (Wildman–Crippen LogP) is 3.67. The highest BCUT2D eigenvalue weighted by atomic mass is 16.5. The van der Waals surface area contributed by atoms with Crippen LogP contribution in [0.25, 0.3) is 5.69 Å². The van der Waals surface area contributed by atoms with E-state index in [0.29, 0.717) is 17.3 Å². The Morgan fingerprint density at radius 1 is 1.14 bits per heavy atom. The molecule has 0 radical (unpaired) electrons. The minimum Gasteiger partial charge on any atom is -0.481 e. The van der Waals surface area contributed by atoms with E-state index in [1.807, 2.05) is 49.4 Å². The van der Waals surface area contributed by atoms with E-state index in [1.165, 1.54) is 0 Å². The lowest BCUT2D eigenvalue weighted by atomic mass is 9.87. The van der Waals surface area contributed by atoms with Crippen LogP contribution in [0.2, 0.25) is 0 Å². The Bertz CT molecular complexity index is 975. The molecule has 0 saturated heterocycles. The summed E-state index contributed by atoms with van der Waals surface area (Å²) >= 11 is 0. The Labute approximate surface area is 164 Å². The van der Waals surface area contributed by atoms with Crippen LogP contribution in [0.15, 0.2) is 48.5 Å². The quantitative estimate of drug-likeness (QED) is 0.731. The van der Waals surface area contributed by atoms with E-state index in [-0.39, 0.29) is 11.3 Å². The summed E-state index contributed by atoms with van der Waals surface area (Å²) < 4.78 is 7.46. The molecule has 1 atom stereocenters. The maximum absolute atomic E-state index is 12.6. The van der Waals surface area contributed by atoms with E-state index in [0.717, 1.165) is 11.3 Å². The Balaban J connectivity index is 1.69. The Kier molecular flexibility index (Phi) is 5.44. The van der Waals surface area contributed by atoms with Crippen molar-refractivity contribution in [3.05, 3.63) is 59.9 Å². The molecule has 3 rings (SSSR count). The van der Waals surface area contributed by atoms with Crippen LogP contribution in [-0.4, -0.2) is 32.2 Å². The lowest BCUT2D eigenvalue weighted by molar-refractivity contribution is -0.122. The number of rotatable bonds is 5. The van der Waals surface area contributed by atoms with Gasteiger partial charge >= 0.3 is 0 Å². The molecule has 7 nitrogen and oxygen atoms in total. The SMILES string of the molecule is Cc1nnnn1-c1cccc(NC(=O)C(C)Oc2cccc(C(C)(C)C)c2)c1. The number of carbonyl (C=O) groups is 1. The molecular formula is C21H25N5O2. The molecule has 28 heavy (non-hydrogen) atoms. The summed E-state index contributed by atoms with van der Waals surface area (Å²) in [5, 5.41) is 14.3. The maximum atomic E-state index is 12.6. The first-order valence-electron chi connectivity index (χ1n) is 9.17. The first-order valence-corrected chi connectivity index (χ1v) is 9.17. The number of anilines is 1. The monoisotopic (exact) mass is 379 g/mol. The first-order chi connectivity index (χ1) is 13.2. The van der Waals surface area contributed by atoms with Gasteiger partial charge in [-0.15, -0.1) is 5.10 Å². The molecule has 0 aliphatic carbocycles. The second-order valence-electron chi connectivity index (χ2n) is 7.72. The second-order valence-corrected chi connectivity index (χ2v) is 7.72. The molecule has 0 aliphatic rings. The fourth-order valence-corrected chi connectivity index (χ4v) is 2.72. The van der Waals surface area contributed by atoms with E-state index in [9.17, 15) is 4.79 Å². The normalized spacial score (nSPS) is 12.5. The molecule has 0 bridgehead atoms. The summed E-state index contributed by atoms with van der Waals surface area (Å²) in [7, 11) is 0. The predicted molar refractivity (Wildman–Crippen MR) is 108 cm³/mol. The Hall–Kier alpha value is -3.22. The van der Waals surface area contributed by atoms with Crippen molar-refractivity contribution in [1.29, 1.82) is 0 Å². The lowest BCUT2D eigenvalue weighted by Crippen LogP contribution is -2.30. The van der Waals surface area contributed by atoms with Gasteiger partial charge in [0.2, 0.25) is 0 Å². The third-order valence-corrected chi connectivity index (χ3v) is 4.37. The van der Waals surface area contributed by atoms with E-state index in [1.54, 1.807) is 11.6 Å². The minimum absolute atomic E-state index is 0.0135. The van der Waals surface area contributed by atoms with Crippen molar-refractivity contribution in [2.75, 3.05) is 5.32 Å². The van der Waals surface area contributed by atoms with E-state index in [2.05, 4.69) is 47.7 Å². The number of hydrogen-bond acceptors (Lipinski definition) is 5. The molecule has 1 unspecified atom stereocenters. The van der Waals surface area contributed by atoms with Crippen molar-refractivity contribution < 1.29 is 9.53 Å². The third-order valence-electron chi connectivity index (χ3n) is 4.37. The maximum Gasteiger partial charge on any atom is 0.265 e. The number of amides is 1. The lowest BCUT2D eigenvalue weighted by Gasteiger charge is -2.21. The van der Waals surface area contributed by atoms with Crippen LogP contribution in [-0.2, 0) is 10.2 Å². The first kappa shape index (κ1) is 19.5. The number of benzene rings is 2. The van der Waals surface area contributed by atoms with Gasteiger partial charge < -0.3 is 10.1 Å². The summed E-state index contributed by atoms with van der Waals surface area (Å²) in [5.41, 5.74) is 2.59. The van der Waals surface area contributed by atoms with Gasteiger partial charge in [-0.2, -0.15) is 4.68 Å². The number of aryl methyl sites for hydroxylation is 1. The van der Waals surface area contributed by atoms with Gasteiger partial charge in [0.1, 0.15) is 5.75 Å². The van der Waals surface area contributed by atoms with E-state index in [4.69, 9.17) is 4.74 Å². The van der Waals surface area contributed by atoms with Crippen LogP contribution in [0.3, 0.4) is 0 Å². The number of nitrogens with one attached hydrogen (secondary N) is 1. The molecular weight excluding hydrogens is 354 g/mol. The van der Waals surface area contributed by atoms with Gasteiger partial charge in [0.15, 0.2) is 11.9 Å². The number of nitrogens with zero attached hydrogens (tertiary/aromatic N) is 4. The van der Waals surface area contributed by atoms with E-state index < -0.39 is 6.10 Å². The number of tetrazole rings is 1. The molecule has 2 aromatic carbocycles. The van der Waals surface area contributed by atoms with Crippen molar-refractivity contribution in [2.45, 2.75) is 46.1 Å². The highest BCUT2D eigenvalue weighted by molar-refractivity contribution is 5.94. The highest BCUT2D eigenvalue weighted by Gasteiger charge is 2.18. The zero-order valence-corrected chi connectivity index (χ0v) is 16.8. The summed E-state index contributed by atoms with van der Waals surface area (Å²) in [6.07, 6.45) is -0.645. The van der Waals surface area contributed by atoms with Gasteiger partial charge in [0.05, 0.1) is 5.69 Å². The number of carbonyl (C=O) groups excluding carboxylic acids is 1. The van der Waals surface area contributed by atoms with Crippen LogP contribution in [0.5, 0.6) is 5.75 Å². The van der Waals surface area contributed by atoms with Crippen LogP contribution in [0.1, 0.15) is 39.1 Å². The zero-order chi connectivity index (χ0) is 20.3. The molecule has 1 amide bonds. The van der Waals surface area contributed by atoms with Gasteiger partial charge in [-0.25, -0.2) is 0 Å². The fourth-order valence-electron chi connectivity index (χ4n) is 2.72. The largest absolute Gasteiger partial charge is 0.481 e. The molecule has 7 heteroatoms. The van der Waals surface area contributed by atoms with Gasteiger partial charge in [0.25, 0.3) is 5.91 Å². The minimum atomic E-state index is -0.645. The highest BCUT2D eigenvalue weighted by Crippen LogP contribution is 2.26. The van der Waals surface area contributed by atoms with E-state index >= 15 is 0 Å². The molecule has 146 valence electrons. The standard InChI is InChI=1S/C21H25N5O2/c1-14(28-19-11-6-8-16(12-19)21(3,4)5)20(27)22-17-9-7-10-18(13-17)26-15(2)23-24-25-26/h6-14H,1-5H3,(H,22,27). The number of aromatic nitrogens is 4. The third kappa shape index (κ3) is 4.54. The van der Waals surface area contributed by atoms with Crippen molar-refractivity contribution in [2.24, 2.45) is 0 Å². The molecule has 1 heterocycles. The van der Waals surface area contributed by atoms with Crippen molar-refractivity contribution in [1.82, 2.24) is 20.2 Å². The van der Waals surface area contributed by atoms with Gasteiger partial charge in [-0.3, -0.25) is 4.79 Å². The van der Waals surface area contributed by atoms with Crippen molar-refractivity contribution >= 4 is 11.6 Å². The number of hydrogen-bond donors (Lipinski definition) is 1. The molecule has 0 fully saturated rings. The smallest absolute Gasteiger partial charge is 0.265 e. The van der Waals surface area contributed by atoms with Crippen LogP contribution >= 0.6 is 0 Å². The summed E-state index contributed by atoms with van der Waals surface area (Å²) in [6, 6.07) is 15.2. The van der Waals surface area contributed by atoms with Gasteiger partial charge in [0, 0.05) is 5.69 Å². The summed E-state index contributed by atoms with van der Waals surface area (Å²) in [4.78, 5) is 12.6. The van der Waals surface area contributed by atoms with Gasteiger partial charge in [-0.1, -0.05) is 39.0 Å². The fraction of sp³-hybridized carbons (Fsp3) is 0.333. The zero-order valence-electron chi connectivity index (χ0n) is 16.8. The van der Waals surface area contributed by atoms with Crippen molar-refractivity contribution in [3.8, 4) is 11.4 Å².